The Labute approximate surface area is 129 Å². The number of nitrogens with zero attached hydrogens (tertiary/aromatic N) is 3. The second-order valence-electron chi connectivity index (χ2n) is 6.22. The van der Waals surface area contributed by atoms with Crippen molar-refractivity contribution in [2.45, 2.75) is 39.2 Å². The van der Waals surface area contributed by atoms with Crippen molar-refractivity contribution in [3.63, 3.8) is 0 Å². The van der Waals surface area contributed by atoms with E-state index < -0.39 is 11.9 Å². The van der Waals surface area contributed by atoms with Gasteiger partial charge in [-0.3, -0.25) is 4.79 Å². The van der Waals surface area contributed by atoms with E-state index in [4.69, 9.17) is 22.1 Å². The molecule has 1 aliphatic rings. The Morgan fingerprint density at radius 2 is 2.10 bits per heavy atom. The number of carbonyl (C=O) groups is 1. The van der Waals surface area contributed by atoms with Crippen LogP contribution in [0.3, 0.4) is 0 Å². The SMILES string of the molecule is Cc1c(Cl)nc(C(C)(C)C)nc1N1CCOCC1C(N)=O. The Balaban J connectivity index is 2.51. The van der Waals surface area contributed by atoms with Crippen LogP contribution in [-0.4, -0.2) is 41.7 Å². The molecule has 0 bridgehead atoms. The summed E-state index contributed by atoms with van der Waals surface area (Å²) >= 11 is 6.25. The van der Waals surface area contributed by atoms with Crippen molar-refractivity contribution in [3.05, 3.63) is 16.5 Å². The normalized spacial score (nSPS) is 19.7. The lowest BCUT2D eigenvalue weighted by Gasteiger charge is -2.36. The molecule has 0 aromatic carbocycles. The Morgan fingerprint density at radius 3 is 2.67 bits per heavy atom. The summed E-state index contributed by atoms with van der Waals surface area (Å²) in [4.78, 5) is 22.5. The minimum atomic E-state index is -0.531. The molecule has 0 spiro atoms. The quantitative estimate of drug-likeness (QED) is 0.835. The molecule has 21 heavy (non-hydrogen) atoms. The van der Waals surface area contributed by atoms with Gasteiger partial charge in [0.1, 0.15) is 22.8 Å². The monoisotopic (exact) mass is 312 g/mol. The molecule has 2 heterocycles. The summed E-state index contributed by atoms with van der Waals surface area (Å²) in [5.74, 6) is 0.871. The molecule has 0 saturated carbocycles. The molecule has 0 aliphatic carbocycles. The molecule has 7 heteroatoms. The molecule has 116 valence electrons. The van der Waals surface area contributed by atoms with Gasteiger partial charge in [-0.05, 0) is 6.92 Å². The van der Waals surface area contributed by atoms with Gasteiger partial charge in [-0.2, -0.15) is 0 Å². The first-order valence-electron chi connectivity index (χ1n) is 6.90. The predicted molar refractivity (Wildman–Crippen MR) is 81.6 cm³/mol. The molecule has 1 unspecified atom stereocenters. The first kappa shape index (κ1) is 16.0. The second kappa shape index (κ2) is 5.77. The van der Waals surface area contributed by atoms with E-state index >= 15 is 0 Å². The van der Waals surface area contributed by atoms with E-state index in [1.807, 2.05) is 32.6 Å². The van der Waals surface area contributed by atoms with Gasteiger partial charge in [0.15, 0.2) is 0 Å². The molecule has 1 atom stereocenters. The van der Waals surface area contributed by atoms with E-state index in [2.05, 4.69) is 9.97 Å². The van der Waals surface area contributed by atoms with E-state index in [0.29, 0.717) is 29.9 Å². The molecular formula is C14H21ClN4O2. The fourth-order valence-corrected chi connectivity index (χ4v) is 2.35. The highest BCUT2D eigenvalue weighted by atomic mass is 35.5. The van der Waals surface area contributed by atoms with Crippen molar-refractivity contribution in [1.29, 1.82) is 0 Å². The number of hydrogen-bond donors (Lipinski definition) is 1. The van der Waals surface area contributed by atoms with Crippen LogP contribution >= 0.6 is 11.6 Å². The first-order chi connectivity index (χ1) is 9.71. The minimum Gasteiger partial charge on any atom is -0.377 e. The smallest absolute Gasteiger partial charge is 0.242 e. The highest BCUT2D eigenvalue weighted by Crippen LogP contribution is 2.30. The van der Waals surface area contributed by atoms with Crippen molar-refractivity contribution >= 4 is 23.3 Å². The molecule has 1 saturated heterocycles. The van der Waals surface area contributed by atoms with Crippen LogP contribution < -0.4 is 10.6 Å². The molecule has 0 radical (unpaired) electrons. The van der Waals surface area contributed by atoms with Gasteiger partial charge in [0, 0.05) is 17.5 Å². The number of anilines is 1. The fourth-order valence-electron chi connectivity index (χ4n) is 2.19. The lowest BCUT2D eigenvalue weighted by Crippen LogP contribution is -2.53. The van der Waals surface area contributed by atoms with Crippen molar-refractivity contribution in [3.8, 4) is 0 Å². The highest BCUT2D eigenvalue weighted by molar-refractivity contribution is 6.30. The van der Waals surface area contributed by atoms with Gasteiger partial charge in [-0.1, -0.05) is 32.4 Å². The Morgan fingerprint density at radius 1 is 1.43 bits per heavy atom. The van der Waals surface area contributed by atoms with E-state index in [9.17, 15) is 4.79 Å². The number of hydrogen-bond acceptors (Lipinski definition) is 5. The average Bonchev–Trinajstić information content (AvgIpc) is 2.40. The zero-order valence-corrected chi connectivity index (χ0v) is 13.6. The third kappa shape index (κ3) is 3.27. The Bertz CT molecular complexity index is 557. The molecule has 1 amide bonds. The maximum atomic E-state index is 11.6. The first-order valence-corrected chi connectivity index (χ1v) is 7.28. The summed E-state index contributed by atoms with van der Waals surface area (Å²) in [6.07, 6.45) is 0. The van der Waals surface area contributed by atoms with Crippen LogP contribution in [0, 0.1) is 6.92 Å². The lowest BCUT2D eigenvalue weighted by molar-refractivity contribution is -0.121. The number of aromatic nitrogens is 2. The van der Waals surface area contributed by atoms with E-state index in [1.54, 1.807) is 0 Å². The second-order valence-corrected chi connectivity index (χ2v) is 6.58. The molecule has 6 nitrogen and oxygen atoms in total. The van der Waals surface area contributed by atoms with E-state index in [-0.39, 0.29) is 12.0 Å². The lowest BCUT2D eigenvalue weighted by atomic mass is 9.95. The van der Waals surface area contributed by atoms with Crippen LogP contribution in [0.4, 0.5) is 5.82 Å². The molecular weight excluding hydrogens is 292 g/mol. The standard InChI is InChI=1S/C14H21ClN4O2/c1-8-10(15)17-13(14(2,3)4)18-12(8)19-5-6-21-7-9(19)11(16)20/h9H,5-7H2,1-4H3,(H2,16,20). The van der Waals surface area contributed by atoms with Crippen LogP contribution in [0.1, 0.15) is 32.2 Å². The van der Waals surface area contributed by atoms with Crippen molar-refractivity contribution in [1.82, 2.24) is 9.97 Å². The van der Waals surface area contributed by atoms with Gasteiger partial charge in [0.05, 0.1) is 13.2 Å². The van der Waals surface area contributed by atoms with Crippen molar-refractivity contribution < 1.29 is 9.53 Å². The number of primary amides is 1. The van der Waals surface area contributed by atoms with Crippen molar-refractivity contribution in [2.75, 3.05) is 24.7 Å². The van der Waals surface area contributed by atoms with Gasteiger partial charge in [-0.25, -0.2) is 9.97 Å². The molecule has 1 aromatic heterocycles. The maximum absolute atomic E-state index is 11.6. The highest BCUT2D eigenvalue weighted by Gasteiger charge is 2.31. The van der Waals surface area contributed by atoms with Crippen LogP contribution in [0.25, 0.3) is 0 Å². The summed E-state index contributed by atoms with van der Waals surface area (Å²) in [5, 5.41) is 0.402. The zero-order valence-electron chi connectivity index (χ0n) is 12.8. The maximum Gasteiger partial charge on any atom is 0.242 e. The number of rotatable bonds is 2. The molecule has 2 N–H and O–H groups in total. The van der Waals surface area contributed by atoms with Gasteiger partial charge in [0.2, 0.25) is 5.91 Å². The minimum absolute atomic E-state index is 0.236. The van der Waals surface area contributed by atoms with E-state index in [1.165, 1.54) is 0 Å². The third-order valence-electron chi connectivity index (χ3n) is 3.46. The number of morpholine rings is 1. The predicted octanol–water partition coefficient (Wildman–Crippen LogP) is 1.43. The number of carbonyl (C=O) groups excluding carboxylic acids is 1. The summed E-state index contributed by atoms with van der Waals surface area (Å²) in [5.41, 5.74) is 5.98. The molecule has 2 rings (SSSR count). The summed E-state index contributed by atoms with van der Waals surface area (Å²) in [6.45, 7) is 9.23. The van der Waals surface area contributed by atoms with Crippen molar-refractivity contribution in [2.24, 2.45) is 5.73 Å². The van der Waals surface area contributed by atoms with Gasteiger partial charge < -0.3 is 15.4 Å². The largest absolute Gasteiger partial charge is 0.377 e. The number of nitrogens with two attached hydrogens (primary N) is 1. The fraction of sp³-hybridized carbons (Fsp3) is 0.643. The van der Waals surface area contributed by atoms with Crippen LogP contribution in [0.2, 0.25) is 5.15 Å². The Kier molecular flexibility index (Phi) is 4.39. The Hall–Kier alpha value is -1.40. The van der Waals surface area contributed by atoms with Gasteiger partial charge in [-0.15, -0.1) is 0 Å². The average molecular weight is 313 g/mol. The third-order valence-corrected chi connectivity index (χ3v) is 3.83. The summed E-state index contributed by atoms with van der Waals surface area (Å²) in [7, 11) is 0. The molecule has 1 aromatic rings. The van der Waals surface area contributed by atoms with Crippen LogP contribution in [-0.2, 0) is 14.9 Å². The van der Waals surface area contributed by atoms with Gasteiger partial charge >= 0.3 is 0 Å². The van der Waals surface area contributed by atoms with Crippen LogP contribution in [0.15, 0.2) is 0 Å². The molecule has 1 aliphatic heterocycles. The number of ether oxygens (including phenoxy) is 1. The zero-order chi connectivity index (χ0) is 15.8. The number of amides is 1. The molecule has 1 fully saturated rings. The number of halogens is 1. The van der Waals surface area contributed by atoms with E-state index in [0.717, 1.165) is 5.56 Å². The topological polar surface area (TPSA) is 81.3 Å². The summed E-state index contributed by atoms with van der Waals surface area (Å²) in [6, 6.07) is -0.531. The van der Waals surface area contributed by atoms with Crippen LogP contribution in [0.5, 0.6) is 0 Å². The summed E-state index contributed by atoms with van der Waals surface area (Å²) < 4.78 is 5.34. The van der Waals surface area contributed by atoms with Gasteiger partial charge in [0.25, 0.3) is 0 Å².